The Bertz CT molecular complexity index is 654. The number of benzene rings is 1. The molecule has 0 aliphatic carbocycles. The van der Waals surface area contributed by atoms with Crippen molar-refractivity contribution in [3.8, 4) is 11.4 Å². The molecular formula is C16H19N3O2S. The molecule has 0 bridgehead atoms. The van der Waals surface area contributed by atoms with Crippen LogP contribution in [0.2, 0.25) is 0 Å². The lowest BCUT2D eigenvalue weighted by Gasteiger charge is -2.13. The van der Waals surface area contributed by atoms with Crippen LogP contribution in [0.25, 0.3) is 5.69 Å². The fourth-order valence-electron chi connectivity index (χ4n) is 1.86. The van der Waals surface area contributed by atoms with Gasteiger partial charge in [-0.05, 0) is 19.1 Å². The summed E-state index contributed by atoms with van der Waals surface area (Å²) < 4.78 is 7.18. The molecule has 0 saturated heterocycles. The van der Waals surface area contributed by atoms with Gasteiger partial charge in [0.25, 0.3) is 0 Å². The number of hydrogen-bond donors (Lipinski definition) is 1. The Morgan fingerprint density at radius 1 is 1.59 bits per heavy atom. The first kappa shape index (κ1) is 16.2. The molecule has 2 aromatic rings. The second kappa shape index (κ2) is 7.70. The van der Waals surface area contributed by atoms with Gasteiger partial charge >= 0.3 is 0 Å². The number of nitrogens with one attached hydrogen (secondary N) is 1. The number of carbonyl (C=O) groups excluding carboxylic acids is 1. The van der Waals surface area contributed by atoms with Crippen LogP contribution in [-0.2, 0) is 4.79 Å². The van der Waals surface area contributed by atoms with Crippen LogP contribution in [0.5, 0.6) is 5.75 Å². The summed E-state index contributed by atoms with van der Waals surface area (Å²) in [5, 5.41) is 3.30. The lowest BCUT2D eigenvalue weighted by atomic mass is 10.3. The first-order valence-electron chi connectivity index (χ1n) is 6.88. The maximum absolute atomic E-state index is 11.9. The summed E-state index contributed by atoms with van der Waals surface area (Å²) in [5.74, 6) is 0.740. The number of methoxy groups -OCH3 is 1. The number of amides is 1. The second-order valence-corrected chi connectivity index (χ2v) is 5.88. The van der Waals surface area contributed by atoms with Gasteiger partial charge < -0.3 is 10.1 Å². The Balaban J connectivity index is 2.15. The quantitative estimate of drug-likeness (QED) is 0.630. The Hall–Kier alpha value is -2.21. The molecule has 0 saturated carbocycles. The van der Waals surface area contributed by atoms with Gasteiger partial charge in [-0.3, -0.25) is 9.36 Å². The molecule has 22 heavy (non-hydrogen) atoms. The molecule has 2 rings (SSSR count). The minimum atomic E-state index is -0.244. The van der Waals surface area contributed by atoms with Crippen molar-refractivity contribution in [1.29, 1.82) is 0 Å². The summed E-state index contributed by atoms with van der Waals surface area (Å²) >= 11 is 1.41. The van der Waals surface area contributed by atoms with Gasteiger partial charge in [0, 0.05) is 25.0 Å². The lowest BCUT2D eigenvalue weighted by molar-refractivity contribution is -0.120. The van der Waals surface area contributed by atoms with Crippen LogP contribution >= 0.6 is 11.8 Å². The van der Waals surface area contributed by atoms with Crippen molar-refractivity contribution in [3.63, 3.8) is 0 Å². The average molecular weight is 317 g/mol. The van der Waals surface area contributed by atoms with Crippen LogP contribution in [0.1, 0.15) is 6.92 Å². The smallest absolute Gasteiger partial charge is 0.233 e. The predicted octanol–water partition coefficient (Wildman–Crippen LogP) is 2.66. The van der Waals surface area contributed by atoms with E-state index < -0.39 is 0 Å². The molecule has 116 valence electrons. The molecule has 1 heterocycles. The summed E-state index contributed by atoms with van der Waals surface area (Å²) in [5.41, 5.74) is 0.943. The van der Waals surface area contributed by atoms with E-state index in [0.717, 1.165) is 16.6 Å². The van der Waals surface area contributed by atoms with Crippen molar-refractivity contribution in [2.24, 2.45) is 0 Å². The molecule has 0 radical (unpaired) electrons. The summed E-state index contributed by atoms with van der Waals surface area (Å²) in [6.45, 7) is 5.91. The highest BCUT2D eigenvalue weighted by molar-refractivity contribution is 8.00. The maximum Gasteiger partial charge on any atom is 0.233 e. The summed E-state index contributed by atoms with van der Waals surface area (Å²) in [4.78, 5) is 16.3. The second-order valence-electron chi connectivity index (χ2n) is 4.58. The zero-order chi connectivity index (χ0) is 15.9. The van der Waals surface area contributed by atoms with Gasteiger partial charge in [-0.1, -0.05) is 23.9 Å². The monoisotopic (exact) mass is 317 g/mol. The molecule has 1 N–H and O–H groups in total. The molecule has 1 amide bonds. The first-order valence-corrected chi connectivity index (χ1v) is 7.76. The van der Waals surface area contributed by atoms with Crippen molar-refractivity contribution < 1.29 is 9.53 Å². The SMILES string of the molecule is C=CCNC(=O)C(C)Sc1nccn1-c1cccc(OC)c1. The zero-order valence-electron chi connectivity index (χ0n) is 12.7. The largest absolute Gasteiger partial charge is 0.497 e. The van der Waals surface area contributed by atoms with E-state index in [2.05, 4.69) is 16.9 Å². The minimum Gasteiger partial charge on any atom is -0.497 e. The van der Waals surface area contributed by atoms with Crippen LogP contribution in [0.15, 0.2) is 54.5 Å². The van der Waals surface area contributed by atoms with Gasteiger partial charge in [-0.25, -0.2) is 4.98 Å². The summed E-state index contributed by atoms with van der Waals surface area (Å²) in [6, 6.07) is 7.70. The molecule has 0 aliphatic heterocycles. The van der Waals surface area contributed by atoms with Gasteiger partial charge in [0.15, 0.2) is 5.16 Å². The number of rotatable bonds is 7. The number of ether oxygens (including phenoxy) is 1. The van der Waals surface area contributed by atoms with Crippen molar-refractivity contribution in [1.82, 2.24) is 14.9 Å². The number of thioether (sulfide) groups is 1. The molecule has 1 aromatic carbocycles. The van der Waals surface area contributed by atoms with E-state index in [1.165, 1.54) is 11.8 Å². The molecule has 0 spiro atoms. The van der Waals surface area contributed by atoms with Crippen LogP contribution in [-0.4, -0.2) is 34.4 Å². The fourth-order valence-corrected chi connectivity index (χ4v) is 2.77. The number of imidazole rings is 1. The van der Waals surface area contributed by atoms with Crippen LogP contribution in [0.4, 0.5) is 0 Å². The Kier molecular flexibility index (Phi) is 5.66. The van der Waals surface area contributed by atoms with Gasteiger partial charge in [0.2, 0.25) is 5.91 Å². The third-order valence-corrected chi connectivity index (χ3v) is 4.09. The van der Waals surface area contributed by atoms with E-state index in [1.54, 1.807) is 19.4 Å². The molecule has 1 aromatic heterocycles. The third-order valence-electron chi connectivity index (χ3n) is 3.01. The Morgan fingerprint density at radius 2 is 2.41 bits per heavy atom. The van der Waals surface area contributed by atoms with Crippen molar-refractivity contribution in [3.05, 3.63) is 49.3 Å². The van der Waals surface area contributed by atoms with Crippen molar-refractivity contribution in [2.45, 2.75) is 17.3 Å². The Morgan fingerprint density at radius 3 is 3.14 bits per heavy atom. The maximum atomic E-state index is 11.9. The molecular weight excluding hydrogens is 298 g/mol. The number of carbonyl (C=O) groups is 1. The topological polar surface area (TPSA) is 56.2 Å². The van der Waals surface area contributed by atoms with Gasteiger partial charge in [-0.2, -0.15) is 0 Å². The average Bonchev–Trinajstić information content (AvgIpc) is 3.00. The fraction of sp³-hybridized carbons (Fsp3) is 0.250. The number of hydrogen-bond acceptors (Lipinski definition) is 4. The van der Waals surface area contributed by atoms with Gasteiger partial charge in [0.05, 0.1) is 18.0 Å². The van der Waals surface area contributed by atoms with Crippen LogP contribution in [0.3, 0.4) is 0 Å². The number of nitrogens with zero attached hydrogens (tertiary/aromatic N) is 2. The molecule has 0 fully saturated rings. The van der Waals surface area contributed by atoms with E-state index in [0.29, 0.717) is 6.54 Å². The third kappa shape index (κ3) is 3.92. The number of aromatic nitrogens is 2. The molecule has 0 aliphatic rings. The van der Waals surface area contributed by atoms with E-state index in [4.69, 9.17) is 4.74 Å². The highest BCUT2D eigenvalue weighted by Crippen LogP contribution is 2.26. The standard InChI is InChI=1S/C16H19N3O2S/c1-4-8-17-15(20)12(2)22-16-18-9-10-19(16)13-6-5-7-14(11-13)21-3/h4-7,9-12H,1,8H2,2-3H3,(H,17,20). The van der Waals surface area contributed by atoms with E-state index in [-0.39, 0.29) is 11.2 Å². The molecule has 1 atom stereocenters. The van der Waals surface area contributed by atoms with Crippen LogP contribution < -0.4 is 10.1 Å². The highest BCUT2D eigenvalue weighted by Gasteiger charge is 2.17. The Labute approximate surface area is 134 Å². The van der Waals surface area contributed by atoms with E-state index >= 15 is 0 Å². The molecule has 5 nitrogen and oxygen atoms in total. The van der Waals surface area contributed by atoms with E-state index in [9.17, 15) is 4.79 Å². The summed E-state index contributed by atoms with van der Waals surface area (Å²) in [7, 11) is 1.63. The first-order chi connectivity index (χ1) is 10.7. The van der Waals surface area contributed by atoms with Crippen molar-refractivity contribution in [2.75, 3.05) is 13.7 Å². The minimum absolute atomic E-state index is 0.0370. The zero-order valence-corrected chi connectivity index (χ0v) is 13.5. The normalized spacial score (nSPS) is 11.7. The highest BCUT2D eigenvalue weighted by atomic mass is 32.2. The summed E-state index contributed by atoms with van der Waals surface area (Å²) in [6.07, 6.45) is 5.24. The predicted molar refractivity (Wildman–Crippen MR) is 88.6 cm³/mol. The van der Waals surface area contributed by atoms with Crippen molar-refractivity contribution >= 4 is 17.7 Å². The van der Waals surface area contributed by atoms with E-state index in [1.807, 2.05) is 42.0 Å². The molecule has 1 unspecified atom stereocenters. The lowest BCUT2D eigenvalue weighted by Crippen LogP contribution is -2.31. The molecule has 6 heteroatoms. The van der Waals surface area contributed by atoms with Crippen LogP contribution in [0, 0.1) is 0 Å². The van der Waals surface area contributed by atoms with Gasteiger partial charge in [0.1, 0.15) is 5.75 Å². The van der Waals surface area contributed by atoms with Gasteiger partial charge in [-0.15, -0.1) is 6.58 Å².